The van der Waals surface area contributed by atoms with Crippen LogP contribution in [0.3, 0.4) is 0 Å². The van der Waals surface area contributed by atoms with Gasteiger partial charge in [-0.3, -0.25) is 0 Å². The van der Waals surface area contributed by atoms with Crippen molar-refractivity contribution in [2.75, 3.05) is 29.5 Å². The summed E-state index contributed by atoms with van der Waals surface area (Å²) < 4.78 is 14.1. The molecule has 4 aromatic heterocycles. The Labute approximate surface area is 220 Å². The summed E-state index contributed by atoms with van der Waals surface area (Å²) in [6.07, 6.45) is 11.4. The molecule has 9 heteroatoms. The predicted molar refractivity (Wildman–Crippen MR) is 144 cm³/mol. The highest BCUT2D eigenvalue weighted by molar-refractivity contribution is 7.99. The summed E-state index contributed by atoms with van der Waals surface area (Å²) >= 11 is 1.98. The Morgan fingerprint density at radius 3 is 2.51 bits per heavy atom. The summed E-state index contributed by atoms with van der Waals surface area (Å²) in [7, 11) is 0. The lowest BCUT2D eigenvalue weighted by molar-refractivity contribution is 0.164. The molecule has 0 unspecified atom stereocenters. The molecule has 0 bridgehead atoms. The van der Waals surface area contributed by atoms with Crippen molar-refractivity contribution >= 4 is 23.1 Å². The molecular weight excluding hydrogens is 484 g/mol. The molecule has 37 heavy (non-hydrogen) atoms. The van der Waals surface area contributed by atoms with E-state index >= 15 is 0 Å². The van der Waals surface area contributed by atoms with Crippen LogP contribution in [0.5, 0.6) is 11.6 Å². The second-order valence-electron chi connectivity index (χ2n) is 9.36. The van der Waals surface area contributed by atoms with Crippen molar-refractivity contribution in [3.8, 4) is 28.8 Å². The molecule has 8 nitrogen and oxygen atoms in total. The van der Waals surface area contributed by atoms with Crippen LogP contribution in [-0.4, -0.2) is 56.4 Å². The van der Waals surface area contributed by atoms with Crippen LogP contribution in [-0.2, 0) is 0 Å². The van der Waals surface area contributed by atoms with Crippen molar-refractivity contribution in [3.05, 3.63) is 66.7 Å². The minimum absolute atomic E-state index is 0.162. The van der Waals surface area contributed by atoms with Gasteiger partial charge in [0.05, 0.1) is 23.5 Å². The second-order valence-corrected chi connectivity index (χ2v) is 10.6. The Kier molecular flexibility index (Phi) is 6.82. The zero-order valence-corrected chi connectivity index (χ0v) is 21.3. The fourth-order valence-electron chi connectivity index (χ4n) is 4.97. The molecule has 0 amide bonds. The van der Waals surface area contributed by atoms with E-state index in [4.69, 9.17) is 14.5 Å². The molecule has 6 rings (SSSR count). The van der Waals surface area contributed by atoms with Crippen molar-refractivity contribution in [3.63, 3.8) is 0 Å². The van der Waals surface area contributed by atoms with E-state index in [0.29, 0.717) is 11.4 Å². The van der Waals surface area contributed by atoms with E-state index in [2.05, 4.69) is 33.2 Å². The van der Waals surface area contributed by atoms with Crippen LogP contribution in [0, 0.1) is 11.3 Å². The number of piperidine rings is 1. The zero-order chi connectivity index (χ0) is 25.0. The third kappa shape index (κ3) is 5.20. The molecule has 0 aromatic carbocycles. The molecule has 0 saturated carbocycles. The fourth-order valence-corrected chi connectivity index (χ4v) is 6.04. The Hall–Kier alpha value is -3.77. The number of anilines is 1. The fraction of sp³-hybridized carbons (Fsp3) is 0.357. The van der Waals surface area contributed by atoms with Gasteiger partial charge in [0.15, 0.2) is 0 Å². The van der Waals surface area contributed by atoms with Crippen molar-refractivity contribution in [1.29, 1.82) is 5.26 Å². The van der Waals surface area contributed by atoms with Crippen LogP contribution in [0.4, 0.5) is 5.82 Å². The van der Waals surface area contributed by atoms with E-state index in [1.54, 1.807) is 16.9 Å². The normalized spacial score (nSPS) is 17.0. The van der Waals surface area contributed by atoms with E-state index in [1.807, 2.05) is 48.4 Å². The first kappa shape index (κ1) is 23.6. The molecule has 0 spiro atoms. The van der Waals surface area contributed by atoms with Crippen LogP contribution in [0.15, 0.2) is 61.2 Å². The molecule has 0 N–H and O–H groups in total. The molecule has 2 aliphatic rings. The number of fused-ring (bicyclic) bond motifs is 1. The van der Waals surface area contributed by atoms with Gasteiger partial charge in [0, 0.05) is 55.5 Å². The van der Waals surface area contributed by atoms with Crippen molar-refractivity contribution in [2.24, 2.45) is 0 Å². The number of hydrogen-bond acceptors (Lipinski definition) is 8. The Balaban J connectivity index is 1.20. The van der Waals surface area contributed by atoms with Crippen LogP contribution in [0.1, 0.15) is 31.2 Å². The smallest absolute Gasteiger partial charge is 0.213 e. The monoisotopic (exact) mass is 512 g/mol. The molecular formula is C28H28N6O2S. The molecule has 4 aromatic rings. The van der Waals surface area contributed by atoms with Gasteiger partial charge in [-0.25, -0.2) is 14.5 Å². The highest BCUT2D eigenvalue weighted by Crippen LogP contribution is 2.33. The number of nitriles is 1. The number of thioether (sulfide) groups is 1. The van der Waals surface area contributed by atoms with Crippen LogP contribution in [0.2, 0.25) is 0 Å². The Bertz CT molecular complexity index is 1390. The first-order chi connectivity index (χ1) is 18.3. The lowest BCUT2D eigenvalue weighted by atomic mass is 10.0. The standard InChI is InChI=1S/C28H28N6O2S/c29-16-21-18-32-34-19-24(35-23-8-13-37-14-9-23)15-25(28(21)34)20-4-5-26(31-17-20)33-11-6-22(7-12-33)36-27-3-1-2-10-30-27/h1-5,10,15,17-19,22-23H,6-9,11-14H2. The molecule has 188 valence electrons. The molecule has 2 saturated heterocycles. The topological polar surface area (TPSA) is 88.6 Å². The molecule has 2 aliphatic heterocycles. The summed E-state index contributed by atoms with van der Waals surface area (Å²) in [5.41, 5.74) is 3.15. The number of aromatic nitrogens is 4. The lowest BCUT2D eigenvalue weighted by Crippen LogP contribution is -2.38. The zero-order valence-electron chi connectivity index (χ0n) is 20.5. The summed E-state index contributed by atoms with van der Waals surface area (Å²) in [5.74, 6) is 4.64. The highest BCUT2D eigenvalue weighted by Gasteiger charge is 2.23. The first-order valence-corrected chi connectivity index (χ1v) is 13.9. The van der Waals surface area contributed by atoms with Gasteiger partial charge >= 0.3 is 0 Å². The molecule has 0 aliphatic carbocycles. The summed E-state index contributed by atoms with van der Waals surface area (Å²) in [4.78, 5) is 11.4. The number of ether oxygens (including phenoxy) is 2. The van der Waals surface area contributed by atoms with Gasteiger partial charge < -0.3 is 14.4 Å². The Morgan fingerprint density at radius 2 is 1.78 bits per heavy atom. The van der Waals surface area contributed by atoms with Gasteiger partial charge in [0.25, 0.3) is 0 Å². The van der Waals surface area contributed by atoms with Gasteiger partial charge in [0.1, 0.15) is 29.8 Å². The van der Waals surface area contributed by atoms with Gasteiger partial charge in [0.2, 0.25) is 5.88 Å². The minimum atomic E-state index is 0.162. The second kappa shape index (κ2) is 10.7. The average Bonchev–Trinajstić information content (AvgIpc) is 3.37. The maximum atomic E-state index is 9.68. The summed E-state index contributed by atoms with van der Waals surface area (Å²) in [6, 6.07) is 14.2. The quantitative estimate of drug-likeness (QED) is 0.357. The van der Waals surface area contributed by atoms with Gasteiger partial charge in [-0.05, 0) is 48.6 Å². The largest absolute Gasteiger partial charge is 0.489 e. The van der Waals surface area contributed by atoms with E-state index in [0.717, 1.165) is 78.5 Å². The third-order valence-electron chi connectivity index (χ3n) is 6.93. The minimum Gasteiger partial charge on any atom is -0.489 e. The predicted octanol–water partition coefficient (Wildman–Crippen LogP) is 4.99. The van der Waals surface area contributed by atoms with Crippen LogP contribution in [0.25, 0.3) is 16.6 Å². The maximum Gasteiger partial charge on any atom is 0.213 e. The van der Waals surface area contributed by atoms with Crippen LogP contribution >= 0.6 is 11.8 Å². The van der Waals surface area contributed by atoms with Gasteiger partial charge in [-0.1, -0.05) is 6.07 Å². The molecule has 0 atom stereocenters. The van der Waals surface area contributed by atoms with E-state index in [9.17, 15) is 5.26 Å². The Morgan fingerprint density at radius 1 is 0.946 bits per heavy atom. The molecule has 6 heterocycles. The number of pyridine rings is 3. The van der Waals surface area contributed by atoms with E-state index in [-0.39, 0.29) is 12.2 Å². The van der Waals surface area contributed by atoms with Gasteiger partial charge in [-0.15, -0.1) is 0 Å². The highest BCUT2D eigenvalue weighted by atomic mass is 32.2. The number of hydrogen-bond donors (Lipinski definition) is 0. The summed E-state index contributed by atoms with van der Waals surface area (Å²) in [6.45, 7) is 1.75. The SMILES string of the molecule is N#Cc1cnn2cc(OC3CCSCC3)cc(-c3ccc(N4CCC(Oc5ccccn5)CC4)nc3)c12. The van der Waals surface area contributed by atoms with E-state index in [1.165, 1.54) is 0 Å². The van der Waals surface area contributed by atoms with Crippen LogP contribution < -0.4 is 14.4 Å². The average molecular weight is 513 g/mol. The number of rotatable bonds is 6. The third-order valence-corrected chi connectivity index (χ3v) is 7.98. The number of nitrogens with zero attached hydrogens (tertiary/aromatic N) is 6. The summed E-state index contributed by atoms with van der Waals surface area (Å²) in [5, 5.41) is 14.1. The van der Waals surface area contributed by atoms with Crippen molar-refractivity contribution in [1.82, 2.24) is 19.6 Å². The van der Waals surface area contributed by atoms with Gasteiger partial charge in [-0.2, -0.15) is 22.1 Å². The van der Waals surface area contributed by atoms with Crippen molar-refractivity contribution < 1.29 is 9.47 Å². The maximum absolute atomic E-state index is 9.68. The van der Waals surface area contributed by atoms with E-state index < -0.39 is 0 Å². The molecule has 2 fully saturated rings. The lowest BCUT2D eigenvalue weighted by Gasteiger charge is -2.32. The van der Waals surface area contributed by atoms with Crippen molar-refractivity contribution in [2.45, 2.75) is 37.9 Å². The molecule has 0 radical (unpaired) electrons. The first-order valence-electron chi connectivity index (χ1n) is 12.7.